The van der Waals surface area contributed by atoms with Crippen molar-refractivity contribution >= 4 is 16.9 Å². The zero-order chi connectivity index (χ0) is 31.3. The number of aromatic nitrogens is 2. The van der Waals surface area contributed by atoms with E-state index in [0.29, 0.717) is 48.1 Å². The summed E-state index contributed by atoms with van der Waals surface area (Å²) >= 11 is 0. The van der Waals surface area contributed by atoms with Gasteiger partial charge in [0.25, 0.3) is 5.56 Å². The lowest BCUT2D eigenvalue weighted by Gasteiger charge is -2.40. The minimum absolute atomic E-state index is 0.0652. The van der Waals surface area contributed by atoms with Crippen molar-refractivity contribution in [2.24, 2.45) is 0 Å². The lowest BCUT2D eigenvalue weighted by Crippen LogP contribution is -2.48. The van der Waals surface area contributed by atoms with Crippen molar-refractivity contribution in [2.45, 2.75) is 89.9 Å². The molecule has 10 nitrogen and oxygen atoms in total. The largest absolute Gasteiger partial charge is 0.464 e. The monoisotopic (exact) mass is 616 g/mol. The number of hydrogen-bond donors (Lipinski definition) is 1. The molecule has 1 unspecified atom stereocenters. The number of aliphatic hydroxyl groups is 1. The summed E-state index contributed by atoms with van der Waals surface area (Å²) in [6.45, 7) is 9.16. The number of esters is 1. The van der Waals surface area contributed by atoms with Gasteiger partial charge >= 0.3 is 5.97 Å². The van der Waals surface area contributed by atoms with Gasteiger partial charge in [0.1, 0.15) is 12.4 Å². The molecule has 1 aromatic carbocycles. The zero-order valence-corrected chi connectivity index (χ0v) is 26.6. The number of aryl methyl sites for hydroxylation is 1. The van der Waals surface area contributed by atoms with E-state index in [1.165, 1.54) is 39.5 Å². The second-order valence-corrected chi connectivity index (χ2v) is 12.9. The third-order valence-corrected chi connectivity index (χ3v) is 10.6. The predicted octanol–water partition coefficient (Wildman–Crippen LogP) is 3.94. The summed E-state index contributed by atoms with van der Waals surface area (Å²) in [5.74, 6) is 0.126. The number of carbonyl (C=O) groups is 1. The van der Waals surface area contributed by atoms with Crippen molar-refractivity contribution in [1.82, 2.24) is 19.4 Å². The van der Waals surface area contributed by atoms with Crippen LogP contribution in [0.2, 0.25) is 0 Å². The molecular weight excluding hydrogens is 572 g/mol. The van der Waals surface area contributed by atoms with Crippen molar-refractivity contribution in [3.63, 3.8) is 0 Å². The van der Waals surface area contributed by atoms with Crippen molar-refractivity contribution < 1.29 is 24.1 Å². The van der Waals surface area contributed by atoms with Crippen LogP contribution in [-0.2, 0) is 39.4 Å². The number of piperidine rings is 2. The summed E-state index contributed by atoms with van der Waals surface area (Å²) in [6, 6.07) is 8.30. The number of rotatable bonds is 8. The number of benzene rings is 1. The lowest BCUT2D eigenvalue weighted by atomic mass is 9.85. The van der Waals surface area contributed by atoms with Gasteiger partial charge in [-0.25, -0.2) is 9.78 Å². The van der Waals surface area contributed by atoms with Crippen molar-refractivity contribution in [3.05, 3.63) is 56.9 Å². The number of ether oxygens (including phenoxy) is 3. The molecule has 0 saturated carbocycles. The summed E-state index contributed by atoms with van der Waals surface area (Å²) in [4.78, 5) is 36.6. The Hall–Kier alpha value is -3.31. The molecule has 0 spiro atoms. The molecular formula is C35H44N4O6. The van der Waals surface area contributed by atoms with Crippen LogP contribution in [0.25, 0.3) is 22.3 Å². The summed E-state index contributed by atoms with van der Waals surface area (Å²) in [5, 5.41) is 11.9. The Morgan fingerprint density at radius 3 is 2.56 bits per heavy atom. The Morgan fingerprint density at radius 2 is 1.84 bits per heavy atom. The molecule has 0 amide bonds. The number of likely N-dealkylation sites (tertiary alicyclic amines) is 2. The fourth-order valence-corrected chi connectivity index (χ4v) is 8.11. The van der Waals surface area contributed by atoms with Crippen LogP contribution in [0.5, 0.6) is 5.75 Å². The van der Waals surface area contributed by atoms with Gasteiger partial charge in [-0.1, -0.05) is 20.3 Å². The number of nitrogens with zero attached hydrogens (tertiary/aromatic N) is 4. The van der Waals surface area contributed by atoms with Crippen LogP contribution in [0.4, 0.5) is 0 Å². The molecule has 45 heavy (non-hydrogen) atoms. The van der Waals surface area contributed by atoms with Gasteiger partial charge < -0.3 is 28.8 Å². The van der Waals surface area contributed by atoms with Crippen LogP contribution in [0.3, 0.4) is 0 Å². The molecule has 0 radical (unpaired) electrons. The standard InChI is InChI=1S/C35H44N4O6/c1-4-24-25-17-23(45-31(40)20-37-15-11-22(12-16-37)38-13-7-6-8-14-38)9-10-29(25)36-32-26(24)19-39-30(32)18-28-27(33(39)41)21-44-34(42)35(28,5-2)43-3/h9-10,17-18,22,31,40H,4-8,11-16,19-21H2,1-3H3/t31?,35-/m0/s1. The first-order chi connectivity index (χ1) is 21.9. The van der Waals surface area contributed by atoms with Crippen LogP contribution in [-0.4, -0.2) is 82.6 Å². The normalized spacial score (nSPS) is 23.0. The van der Waals surface area contributed by atoms with E-state index in [1.54, 1.807) is 4.57 Å². The Morgan fingerprint density at radius 1 is 1.07 bits per heavy atom. The van der Waals surface area contributed by atoms with E-state index in [9.17, 15) is 14.7 Å². The molecule has 0 aliphatic carbocycles. The number of aliphatic hydroxyl groups excluding tert-OH is 1. The van der Waals surface area contributed by atoms with E-state index in [2.05, 4.69) is 16.7 Å². The average molecular weight is 617 g/mol. The molecule has 4 aliphatic heterocycles. The van der Waals surface area contributed by atoms with Gasteiger partial charge in [0.05, 0.1) is 35.6 Å². The van der Waals surface area contributed by atoms with E-state index in [1.807, 2.05) is 31.2 Å². The smallest absolute Gasteiger partial charge is 0.343 e. The lowest BCUT2D eigenvalue weighted by molar-refractivity contribution is -0.176. The van der Waals surface area contributed by atoms with Crippen LogP contribution in [0, 0.1) is 0 Å². The Bertz CT molecular complexity index is 1670. The van der Waals surface area contributed by atoms with Gasteiger partial charge in [-0.3, -0.25) is 9.69 Å². The van der Waals surface area contributed by atoms with Gasteiger partial charge in [-0.2, -0.15) is 0 Å². The van der Waals surface area contributed by atoms with Gasteiger partial charge in [0, 0.05) is 29.7 Å². The zero-order valence-electron chi connectivity index (χ0n) is 26.6. The van der Waals surface area contributed by atoms with E-state index in [0.717, 1.165) is 60.1 Å². The maximum Gasteiger partial charge on any atom is 0.343 e. The third-order valence-electron chi connectivity index (χ3n) is 10.6. The molecule has 7 rings (SSSR count). The Labute approximate surface area is 263 Å². The molecule has 1 N–H and O–H groups in total. The summed E-state index contributed by atoms with van der Waals surface area (Å²) < 4.78 is 18.9. The van der Waals surface area contributed by atoms with Gasteiger partial charge in [-0.15, -0.1) is 0 Å². The summed E-state index contributed by atoms with van der Waals surface area (Å²) in [6.07, 6.45) is 6.42. The first kappa shape index (κ1) is 30.3. The van der Waals surface area contributed by atoms with Crippen molar-refractivity contribution in [1.29, 1.82) is 0 Å². The van der Waals surface area contributed by atoms with Crippen molar-refractivity contribution in [3.8, 4) is 17.1 Å². The SMILES string of the molecule is CCc1c2c(nc3ccc(OC(O)CN4CCC(N5CCCCC5)CC4)cc13)-c1cc3c(c(=O)n1C2)COC(=O)[C@@]3(CC)OC. The minimum atomic E-state index is -1.31. The van der Waals surface area contributed by atoms with Gasteiger partial charge in [0.15, 0.2) is 5.60 Å². The summed E-state index contributed by atoms with van der Waals surface area (Å²) in [7, 11) is 1.48. The maximum atomic E-state index is 13.8. The third kappa shape index (κ3) is 5.16. The molecule has 240 valence electrons. The molecule has 4 aliphatic rings. The second kappa shape index (κ2) is 12.1. The fourth-order valence-electron chi connectivity index (χ4n) is 8.11. The minimum Gasteiger partial charge on any atom is -0.464 e. The van der Waals surface area contributed by atoms with E-state index < -0.39 is 17.9 Å². The highest BCUT2D eigenvalue weighted by Crippen LogP contribution is 2.42. The quantitative estimate of drug-likeness (QED) is 0.233. The number of fused-ring (bicyclic) bond motifs is 5. The predicted molar refractivity (Wildman–Crippen MR) is 170 cm³/mol. The highest BCUT2D eigenvalue weighted by Gasteiger charge is 2.47. The van der Waals surface area contributed by atoms with Crippen molar-refractivity contribution in [2.75, 3.05) is 39.8 Å². The highest BCUT2D eigenvalue weighted by atomic mass is 16.6. The first-order valence-corrected chi connectivity index (χ1v) is 16.6. The fraction of sp³-hybridized carbons (Fsp3) is 0.571. The number of hydrogen-bond acceptors (Lipinski definition) is 9. The molecule has 6 heterocycles. The molecule has 2 atom stereocenters. The number of methoxy groups -OCH3 is 1. The number of pyridine rings is 2. The van der Waals surface area contributed by atoms with Gasteiger partial charge in [-0.05, 0) is 94.5 Å². The van der Waals surface area contributed by atoms with Gasteiger partial charge in [0.2, 0.25) is 6.29 Å². The maximum absolute atomic E-state index is 13.8. The molecule has 0 bridgehead atoms. The van der Waals surface area contributed by atoms with E-state index in [4.69, 9.17) is 19.2 Å². The van der Waals surface area contributed by atoms with Crippen LogP contribution >= 0.6 is 0 Å². The van der Waals surface area contributed by atoms with E-state index >= 15 is 0 Å². The highest BCUT2D eigenvalue weighted by molar-refractivity contribution is 5.90. The summed E-state index contributed by atoms with van der Waals surface area (Å²) in [5.41, 5.74) is 3.85. The second-order valence-electron chi connectivity index (χ2n) is 12.9. The molecule has 10 heteroatoms. The molecule has 2 aromatic heterocycles. The Balaban J connectivity index is 1.12. The molecule has 3 aromatic rings. The first-order valence-electron chi connectivity index (χ1n) is 16.6. The average Bonchev–Trinajstić information content (AvgIpc) is 3.43. The van der Waals surface area contributed by atoms with Crippen LogP contribution in [0.15, 0.2) is 29.1 Å². The van der Waals surface area contributed by atoms with E-state index in [-0.39, 0.29) is 12.2 Å². The van der Waals surface area contributed by atoms with Crippen LogP contribution < -0.4 is 10.3 Å². The number of β-amino-alcohol motifs (C(OH)–C–C–N with tert-alkyl or cyclic N) is 1. The number of carbonyl (C=O) groups excluding carboxylic acids is 1. The molecule has 2 fully saturated rings. The topological polar surface area (TPSA) is 106 Å². The van der Waals surface area contributed by atoms with Crippen LogP contribution in [0.1, 0.15) is 74.6 Å². The molecule has 2 saturated heterocycles. The number of cyclic esters (lactones) is 1. The Kier molecular flexibility index (Phi) is 8.18.